The van der Waals surface area contributed by atoms with Crippen molar-refractivity contribution in [2.45, 2.75) is 13.0 Å². The van der Waals surface area contributed by atoms with Gasteiger partial charge in [0, 0.05) is 17.1 Å². The Labute approximate surface area is 132 Å². The molecule has 0 radical (unpaired) electrons. The number of benzene rings is 2. The number of hydrogen-bond donors (Lipinski definition) is 3. The number of rotatable bonds is 4. The van der Waals surface area contributed by atoms with Gasteiger partial charge >= 0.3 is 6.03 Å². The number of aliphatic hydroxyl groups excluding tert-OH is 1. The van der Waals surface area contributed by atoms with Crippen LogP contribution >= 0.6 is 11.6 Å². The summed E-state index contributed by atoms with van der Waals surface area (Å²) in [5, 5.41) is 15.3. The van der Waals surface area contributed by atoms with Gasteiger partial charge in [0.2, 0.25) is 0 Å². The molecular formula is C16H16ClFN2O2. The number of amides is 2. The molecule has 2 rings (SSSR count). The SMILES string of the molecule is Cc1ccc(NC(=O)NCC(O)c2ccccc2Cl)c(F)c1. The molecule has 2 aromatic carbocycles. The van der Waals surface area contributed by atoms with Crippen molar-refractivity contribution in [2.75, 3.05) is 11.9 Å². The summed E-state index contributed by atoms with van der Waals surface area (Å²) in [5.41, 5.74) is 1.36. The molecule has 0 fully saturated rings. The van der Waals surface area contributed by atoms with Gasteiger partial charge in [-0.1, -0.05) is 35.9 Å². The van der Waals surface area contributed by atoms with Crippen molar-refractivity contribution in [3.8, 4) is 0 Å². The van der Waals surface area contributed by atoms with Gasteiger partial charge in [-0.15, -0.1) is 0 Å². The van der Waals surface area contributed by atoms with E-state index in [-0.39, 0.29) is 12.2 Å². The standard InChI is InChI=1S/C16H16ClFN2O2/c1-10-6-7-14(13(18)8-10)20-16(22)19-9-15(21)11-4-2-3-5-12(11)17/h2-8,15,21H,9H2,1H3,(H2,19,20,22). The lowest BCUT2D eigenvalue weighted by atomic mass is 10.1. The molecule has 0 aromatic heterocycles. The van der Waals surface area contributed by atoms with Crippen molar-refractivity contribution in [1.82, 2.24) is 5.32 Å². The van der Waals surface area contributed by atoms with Crippen molar-refractivity contribution >= 4 is 23.3 Å². The molecule has 1 unspecified atom stereocenters. The number of aryl methyl sites for hydroxylation is 1. The first-order valence-electron chi connectivity index (χ1n) is 6.71. The summed E-state index contributed by atoms with van der Waals surface area (Å²) in [4.78, 5) is 11.7. The largest absolute Gasteiger partial charge is 0.387 e. The molecule has 2 aromatic rings. The first kappa shape index (κ1) is 16.3. The van der Waals surface area contributed by atoms with Crippen LogP contribution in [0.3, 0.4) is 0 Å². The molecular weight excluding hydrogens is 307 g/mol. The van der Waals surface area contributed by atoms with Crippen LogP contribution in [0.4, 0.5) is 14.9 Å². The molecule has 0 aliphatic heterocycles. The Morgan fingerprint density at radius 3 is 2.73 bits per heavy atom. The maximum absolute atomic E-state index is 13.6. The summed E-state index contributed by atoms with van der Waals surface area (Å²) in [6.45, 7) is 1.72. The fourth-order valence-electron chi connectivity index (χ4n) is 1.93. The highest BCUT2D eigenvalue weighted by Crippen LogP contribution is 2.22. The number of aliphatic hydroxyl groups is 1. The Balaban J connectivity index is 1.91. The van der Waals surface area contributed by atoms with Crippen LogP contribution in [0.2, 0.25) is 5.02 Å². The van der Waals surface area contributed by atoms with Crippen LogP contribution in [-0.2, 0) is 0 Å². The second kappa shape index (κ2) is 7.24. The van der Waals surface area contributed by atoms with Crippen LogP contribution < -0.4 is 10.6 Å². The van der Waals surface area contributed by atoms with Crippen LogP contribution in [0.15, 0.2) is 42.5 Å². The zero-order valence-electron chi connectivity index (χ0n) is 11.9. The predicted octanol–water partition coefficient (Wildman–Crippen LogP) is 3.64. The lowest BCUT2D eigenvalue weighted by Crippen LogP contribution is -2.32. The monoisotopic (exact) mass is 322 g/mol. The Bertz CT molecular complexity index is 679. The molecule has 0 saturated heterocycles. The van der Waals surface area contributed by atoms with E-state index in [4.69, 9.17) is 11.6 Å². The first-order chi connectivity index (χ1) is 10.5. The first-order valence-corrected chi connectivity index (χ1v) is 7.08. The highest BCUT2D eigenvalue weighted by Gasteiger charge is 2.13. The number of hydrogen-bond acceptors (Lipinski definition) is 2. The molecule has 0 saturated carbocycles. The summed E-state index contributed by atoms with van der Waals surface area (Å²) in [6, 6.07) is 10.7. The third-order valence-electron chi connectivity index (χ3n) is 3.09. The van der Waals surface area contributed by atoms with E-state index in [1.54, 1.807) is 37.3 Å². The molecule has 0 spiro atoms. The van der Waals surface area contributed by atoms with Gasteiger partial charge in [-0.25, -0.2) is 9.18 Å². The lowest BCUT2D eigenvalue weighted by molar-refractivity contribution is 0.175. The molecule has 1 atom stereocenters. The van der Waals surface area contributed by atoms with E-state index in [0.717, 1.165) is 5.56 Å². The summed E-state index contributed by atoms with van der Waals surface area (Å²) >= 11 is 5.96. The highest BCUT2D eigenvalue weighted by atomic mass is 35.5. The van der Waals surface area contributed by atoms with Crippen molar-refractivity contribution in [1.29, 1.82) is 0 Å². The topological polar surface area (TPSA) is 61.4 Å². The fourth-order valence-corrected chi connectivity index (χ4v) is 2.19. The Morgan fingerprint density at radius 1 is 1.32 bits per heavy atom. The highest BCUT2D eigenvalue weighted by molar-refractivity contribution is 6.31. The number of carbonyl (C=O) groups excluding carboxylic acids is 1. The Kier molecular flexibility index (Phi) is 5.35. The number of nitrogens with one attached hydrogen (secondary N) is 2. The average molecular weight is 323 g/mol. The van der Waals surface area contributed by atoms with Gasteiger partial charge < -0.3 is 15.7 Å². The molecule has 2 amide bonds. The molecule has 0 heterocycles. The number of halogens is 2. The van der Waals surface area contributed by atoms with Crippen LogP contribution in [0.5, 0.6) is 0 Å². The van der Waals surface area contributed by atoms with Gasteiger partial charge in [-0.3, -0.25) is 0 Å². The van der Waals surface area contributed by atoms with Crippen molar-refractivity contribution in [3.05, 3.63) is 64.4 Å². The minimum Gasteiger partial charge on any atom is -0.387 e. The summed E-state index contributed by atoms with van der Waals surface area (Å²) in [7, 11) is 0. The summed E-state index contributed by atoms with van der Waals surface area (Å²) < 4.78 is 13.6. The van der Waals surface area contributed by atoms with Gasteiger partial charge in [-0.2, -0.15) is 0 Å². The minimum atomic E-state index is -0.942. The van der Waals surface area contributed by atoms with Crippen molar-refractivity contribution in [3.63, 3.8) is 0 Å². The molecule has 116 valence electrons. The minimum absolute atomic E-state index is 0.0386. The second-order valence-corrected chi connectivity index (χ2v) is 5.26. The van der Waals surface area contributed by atoms with Gasteiger partial charge in [0.1, 0.15) is 5.82 Å². The van der Waals surface area contributed by atoms with E-state index in [2.05, 4.69) is 10.6 Å². The van der Waals surface area contributed by atoms with Gasteiger partial charge in [0.25, 0.3) is 0 Å². The third-order valence-corrected chi connectivity index (χ3v) is 3.44. The van der Waals surface area contributed by atoms with Gasteiger partial charge in [0.15, 0.2) is 0 Å². The van der Waals surface area contributed by atoms with Crippen LogP contribution in [0.25, 0.3) is 0 Å². The molecule has 6 heteroatoms. The molecule has 22 heavy (non-hydrogen) atoms. The van der Waals surface area contributed by atoms with E-state index in [1.165, 1.54) is 12.1 Å². The fraction of sp³-hybridized carbons (Fsp3) is 0.188. The van der Waals surface area contributed by atoms with Gasteiger partial charge in [-0.05, 0) is 30.7 Å². The summed E-state index contributed by atoms with van der Waals surface area (Å²) in [6.07, 6.45) is -0.942. The Hall–Kier alpha value is -2.11. The van der Waals surface area contributed by atoms with E-state index in [9.17, 15) is 14.3 Å². The molecule has 0 aliphatic rings. The molecule has 0 bridgehead atoms. The van der Waals surface area contributed by atoms with Crippen LogP contribution in [0, 0.1) is 12.7 Å². The normalized spacial score (nSPS) is 11.8. The predicted molar refractivity (Wildman–Crippen MR) is 84.6 cm³/mol. The van der Waals surface area contributed by atoms with Crippen LogP contribution in [0.1, 0.15) is 17.2 Å². The second-order valence-electron chi connectivity index (χ2n) is 4.86. The van der Waals surface area contributed by atoms with Crippen LogP contribution in [-0.4, -0.2) is 17.7 Å². The molecule has 0 aliphatic carbocycles. The number of carbonyl (C=O) groups is 1. The zero-order valence-corrected chi connectivity index (χ0v) is 12.7. The zero-order chi connectivity index (χ0) is 16.1. The number of urea groups is 1. The lowest BCUT2D eigenvalue weighted by Gasteiger charge is -2.14. The maximum Gasteiger partial charge on any atom is 0.319 e. The summed E-state index contributed by atoms with van der Waals surface area (Å²) in [5.74, 6) is -0.512. The molecule has 4 nitrogen and oxygen atoms in total. The third kappa shape index (κ3) is 4.19. The van der Waals surface area contributed by atoms with Gasteiger partial charge in [0.05, 0.1) is 11.8 Å². The van der Waals surface area contributed by atoms with E-state index in [0.29, 0.717) is 10.6 Å². The smallest absolute Gasteiger partial charge is 0.319 e. The van der Waals surface area contributed by atoms with Crippen molar-refractivity contribution < 1.29 is 14.3 Å². The average Bonchev–Trinajstić information content (AvgIpc) is 2.48. The number of anilines is 1. The van der Waals surface area contributed by atoms with E-state index >= 15 is 0 Å². The van der Waals surface area contributed by atoms with E-state index < -0.39 is 18.0 Å². The maximum atomic E-state index is 13.6. The quantitative estimate of drug-likeness (QED) is 0.804. The molecule has 3 N–H and O–H groups in total. The Morgan fingerprint density at radius 2 is 2.05 bits per heavy atom. The van der Waals surface area contributed by atoms with E-state index in [1.807, 2.05) is 0 Å². The van der Waals surface area contributed by atoms with Crippen molar-refractivity contribution in [2.24, 2.45) is 0 Å².